The molecule has 140 valence electrons. The molecule has 5 heteroatoms. The summed E-state index contributed by atoms with van der Waals surface area (Å²) in [6.45, 7) is 9.58. The molecule has 1 aromatic carbocycles. The van der Waals surface area contributed by atoms with E-state index in [4.69, 9.17) is 0 Å². The number of nitrogens with one attached hydrogen (secondary N) is 1. The highest BCUT2D eigenvalue weighted by Crippen LogP contribution is 2.25. The van der Waals surface area contributed by atoms with E-state index in [0.29, 0.717) is 24.3 Å². The highest BCUT2D eigenvalue weighted by Gasteiger charge is 2.15. The Morgan fingerprint density at radius 2 is 1.69 bits per heavy atom. The summed E-state index contributed by atoms with van der Waals surface area (Å²) in [5, 5.41) is 2.93. The fourth-order valence-corrected chi connectivity index (χ4v) is 4.15. The van der Waals surface area contributed by atoms with Gasteiger partial charge in [-0.2, -0.15) is 0 Å². The van der Waals surface area contributed by atoms with Gasteiger partial charge in [-0.25, -0.2) is 0 Å². The molecule has 0 bridgehead atoms. The smallest absolute Gasteiger partial charge is 0.265 e. The Morgan fingerprint density at radius 1 is 1.04 bits per heavy atom. The Bertz CT molecular complexity index is 746. The van der Waals surface area contributed by atoms with Gasteiger partial charge in [0.2, 0.25) is 0 Å². The number of carbonyl (C=O) groups is 2. The average molecular weight is 373 g/mol. The second-order valence-electron chi connectivity index (χ2n) is 6.17. The molecule has 1 aromatic heterocycles. The zero-order valence-electron chi connectivity index (χ0n) is 16.1. The van der Waals surface area contributed by atoms with E-state index >= 15 is 0 Å². The second kappa shape index (κ2) is 9.53. The molecule has 1 N–H and O–H groups in total. The summed E-state index contributed by atoms with van der Waals surface area (Å²) < 4.78 is 0. The van der Waals surface area contributed by atoms with Gasteiger partial charge in [-0.1, -0.05) is 20.3 Å². The minimum absolute atomic E-state index is 0.0166. The second-order valence-corrected chi connectivity index (χ2v) is 7.31. The van der Waals surface area contributed by atoms with Crippen molar-refractivity contribution in [3.05, 3.63) is 51.2 Å². The van der Waals surface area contributed by atoms with Gasteiger partial charge in [-0.15, -0.1) is 11.3 Å². The first-order valence-corrected chi connectivity index (χ1v) is 10.2. The van der Waals surface area contributed by atoms with Crippen LogP contribution in [0.25, 0.3) is 0 Å². The van der Waals surface area contributed by atoms with E-state index in [0.717, 1.165) is 24.1 Å². The topological polar surface area (TPSA) is 49.4 Å². The highest BCUT2D eigenvalue weighted by molar-refractivity contribution is 7.14. The normalized spacial score (nSPS) is 10.6. The number of hydrogen-bond donors (Lipinski definition) is 1. The van der Waals surface area contributed by atoms with Crippen LogP contribution in [0.4, 0.5) is 5.69 Å². The fourth-order valence-electron chi connectivity index (χ4n) is 2.90. The number of hydrogen-bond acceptors (Lipinski definition) is 3. The Balaban J connectivity index is 2.09. The third-order valence-electron chi connectivity index (χ3n) is 4.42. The van der Waals surface area contributed by atoms with Crippen LogP contribution in [-0.4, -0.2) is 29.8 Å². The lowest BCUT2D eigenvalue weighted by Crippen LogP contribution is -2.30. The average Bonchev–Trinajstić information content (AvgIpc) is 3.07. The molecule has 0 aliphatic carbocycles. The van der Waals surface area contributed by atoms with Crippen LogP contribution in [0.5, 0.6) is 0 Å². The van der Waals surface area contributed by atoms with E-state index < -0.39 is 0 Å². The third kappa shape index (κ3) is 4.73. The molecule has 4 nitrogen and oxygen atoms in total. The summed E-state index contributed by atoms with van der Waals surface area (Å²) in [4.78, 5) is 28.7. The molecule has 1 heterocycles. The Hall–Kier alpha value is -2.14. The first-order valence-electron chi connectivity index (χ1n) is 9.36. The van der Waals surface area contributed by atoms with Crippen molar-refractivity contribution < 1.29 is 9.59 Å². The number of thiophene rings is 1. The van der Waals surface area contributed by atoms with Crippen molar-refractivity contribution in [1.29, 1.82) is 0 Å². The summed E-state index contributed by atoms with van der Waals surface area (Å²) in [6.07, 6.45) is 3.04. The molecule has 2 amide bonds. The number of carbonyl (C=O) groups excluding carboxylic acids is 2. The number of aryl methyl sites for hydroxylation is 2. The van der Waals surface area contributed by atoms with Crippen LogP contribution in [0.3, 0.4) is 0 Å². The lowest BCUT2D eigenvalue weighted by Gasteiger charge is -2.18. The molecule has 2 aromatic rings. The third-order valence-corrected chi connectivity index (χ3v) is 5.65. The summed E-state index contributed by atoms with van der Waals surface area (Å²) in [5.74, 6) is -0.0715. The van der Waals surface area contributed by atoms with E-state index in [-0.39, 0.29) is 11.8 Å². The summed E-state index contributed by atoms with van der Waals surface area (Å²) >= 11 is 1.58. The first-order chi connectivity index (χ1) is 12.5. The van der Waals surface area contributed by atoms with Gasteiger partial charge in [0, 0.05) is 29.2 Å². The molecule has 0 aliphatic rings. The minimum atomic E-state index is -0.0881. The van der Waals surface area contributed by atoms with Crippen LogP contribution in [0, 0.1) is 0 Å². The zero-order chi connectivity index (χ0) is 19.1. The molecule has 0 aliphatic heterocycles. The van der Waals surface area contributed by atoms with Crippen molar-refractivity contribution in [1.82, 2.24) is 4.90 Å². The van der Waals surface area contributed by atoms with Gasteiger partial charge in [-0.3, -0.25) is 9.59 Å². The molecule has 0 saturated heterocycles. The molecular weight excluding hydrogens is 344 g/mol. The maximum absolute atomic E-state index is 12.5. The summed E-state index contributed by atoms with van der Waals surface area (Å²) in [5.41, 5.74) is 2.61. The molecule has 0 unspecified atom stereocenters. The monoisotopic (exact) mass is 372 g/mol. The lowest BCUT2D eigenvalue weighted by atomic mass is 10.1. The van der Waals surface area contributed by atoms with E-state index in [9.17, 15) is 9.59 Å². The van der Waals surface area contributed by atoms with Gasteiger partial charge >= 0.3 is 0 Å². The van der Waals surface area contributed by atoms with Crippen molar-refractivity contribution in [3.8, 4) is 0 Å². The van der Waals surface area contributed by atoms with Gasteiger partial charge in [0.25, 0.3) is 11.8 Å². The maximum Gasteiger partial charge on any atom is 0.265 e. The summed E-state index contributed by atoms with van der Waals surface area (Å²) in [7, 11) is 0. The SMILES string of the molecule is CCCc1sc(C(=O)Nc2ccc(C(=O)N(CC)CC)cc2)cc1CC. The largest absolute Gasteiger partial charge is 0.339 e. The van der Waals surface area contributed by atoms with Gasteiger partial charge in [0.1, 0.15) is 0 Å². The summed E-state index contributed by atoms with van der Waals surface area (Å²) in [6, 6.07) is 9.12. The minimum Gasteiger partial charge on any atom is -0.339 e. The Kier molecular flexibility index (Phi) is 7.39. The van der Waals surface area contributed by atoms with Crippen LogP contribution in [0.2, 0.25) is 0 Å². The van der Waals surface area contributed by atoms with Crippen LogP contribution in [0.1, 0.15) is 64.6 Å². The van der Waals surface area contributed by atoms with Crippen molar-refractivity contribution in [2.24, 2.45) is 0 Å². The molecule has 0 atom stereocenters. The van der Waals surface area contributed by atoms with Crippen LogP contribution in [-0.2, 0) is 12.8 Å². The van der Waals surface area contributed by atoms with E-state index in [1.807, 2.05) is 19.9 Å². The molecule has 26 heavy (non-hydrogen) atoms. The van der Waals surface area contributed by atoms with Gasteiger partial charge in [0.05, 0.1) is 4.88 Å². The van der Waals surface area contributed by atoms with Gasteiger partial charge in [-0.05, 0) is 62.6 Å². The maximum atomic E-state index is 12.5. The Labute approximate surface area is 160 Å². The van der Waals surface area contributed by atoms with E-state index in [1.165, 1.54) is 10.4 Å². The zero-order valence-corrected chi connectivity index (χ0v) is 16.9. The van der Waals surface area contributed by atoms with Crippen molar-refractivity contribution >= 4 is 28.8 Å². The number of rotatable bonds is 8. The molecule has 0 spiro atoms. The lowest BCUT2D eigenvalue weighted by molar-refractivity contribution is 0.0773. The van der Waals surface area contributed by atoms with Crippen LogP contribution < -0.4 is 5.32 Å². The number of amides is 2. The molecule has 0 fully saturated rings. The number of anilines is 1. The standard InChI is InChI=1S/C21H28N2O2S/c1-5-9-18-15(6-2)14-19(26-18)20(24)22-17-12-10-16(11-13-17)21(25)23(7-3)8-4/h10-14H,5-9H2,1-4H3,(H,22,24). The van der Waals surface area contributed by atoms with Crippen LogP contribution >= 0.6 is 11.3 Å². The van der Waals surface area contributed by atoms with E-state index in [1.54, 1.807) is 40.5 Å². The molecule has 0 radical (unpaired) electrons. The predicted molar refractivity (Wildman–Crippen MR) is 109 cm³/mol. The fraction of sp³-hybridized carbons (Fsp3) is 0.429. The highest BCUT2D eigenvalue weighted by atomic mass is 32.1. The molecule has 0 saturated carbocycles. The molecular formula is C21H28N2O2S. The van der Waals surface area contributed by atoms with Crippen molar-refractivity contribution in [3.63, 3.8) is 0 Å². The predicted octanol–water partition coefficient (Wildman–Crippen LogP) is 5.00. The quantitative estimate of drug-likeness (QED) is 0.709. The van der Waals surface area contributed by atoms with Crippen molar-refractivity contribution in [2.45, 2.75) is 47.0 Å². The van der Waals surface area contributed by atoms with Gasteiger partial charge < -0.3 is 10.2 Å². The van der Waals surface area contributed by atoms with Crippen LogP contribution in [0.15, 0.2) is 30.3 Å². The van der Waals surface area contributed by atoms with Crippen molar-refractivity contribution in [2.75, 3.05) is 18.4 Å². The van der Waals surface area contributed by atoms with E-state index in [2.05, 4.69) is 19.2 Å². The Morgan fingerprint density at radius 3 is 2.23 bits per heavy atom. The number of nitrogens with zero attached hydrogens (tertiary/aromatic N) is 1. The first kappa shape index (κ1) is 20.2. The number of benzene rings is 1. The van der Waals surface area contributed by atoms with Gasteiger partial charge in [0.15, 0.2) is 0 Å². The molecule has 2 rings (SSSR count).